The molecule has 5 heteroatoms. The molecule has 2 amide bonds. The standard InChI is InChI=1S/C17H18N2O3/c1-2-22-12-16(20)18-15-10-8-13(9-11-15)17(21)19-14-6-4-3-5-7-14/h3-11H,2,12H2,1H3,(H,18,20)(H,19,21). The Labute approximate surface area is 129 Å². The third-order valence-electron chi connectivity index (χ3n) is 2.90. The van der Waals surface area contributed by atoms with E-state index >= 15 is 0 Å². The second kappa shape index (κ2) is 7.95. The van der Waals surface area contributed by atoms with Gasteiger partial charge in [0.1, 0.15) is 6.61 Å². The quantitative estimate of drug-likeness (QED) is 0.861. The maximum atomic E-state index is 12.1. The molecule has 0 aliphatic rings. The van der Waals surface area contributed by atoms with E-state index < -0.39 is 0 Å². The lowest BCUT2D eigenvalue weighted by atomic mass is 10.2. The summed E-state index contributed by atoms with van der Waals surface area (Å²) in [6, 6.07) is 15.9. The Morgan fingerprint density at radius 1 is 0.909 bits per heavy atom. The van der Waals surface area contributed by atoms with Crippen LogP contribution >= 0.6 is 0 Å². The minimum atomic E-state index is -0.219. The molecule has 0 aliphatic carbocycles. The summed E-state index contributed by atoms with van der Waals surface area (Å²) in [5.74, 6) is -0.415. The summed E-state index contributed by atoms with van der Waals surface area (Å²) in [6.07, 6.45) is 0. The first-order valence-corrected chi connectivity index (χ1v) is 7.03. The molecule has 0 aromatic heterocycles. The molecule has 0 saturated heterocycles. The number of ether oxygens (including phenoxy) is 1. The fraction of sp³-hybridized carbons (Fsp3) is 0.176. The molecule has 0 atom stereocenters. The molecular formula is C17H18N2O3. The molecule has 0 heterocycles. The number of carbonyl (C=O) groups excluding carboxylic acids is 2. The van der Waals surface area contributed by atoms with E-state index in [1.54, 1.807) is 24.3 Å². The van der Waals surface area contributed by atoms with E-state index in [-0.39, 0.29) is 18.4 Å². The van der Waals surface area contributed by atoms with Crippen LogP contribution in [-0.4, -0.2) is 25.0 Å². The lowest BCUT2D eigenvalue weighted by Gasteiger charge is -2.07. The van der Waals surface area contributed by atoms with Crippen molar-refractivity contribution in [3.63, 3.8) is 0 Å². The first-order chi connectivity index (χ1) is 10.7. The van der Waals surface area contributed by atoms with Crippen molar-refractivity contribution in [2.75, 3.05) is 23.8 Å². The van der Waals surface area contributed by atoms with Crippen molar-refractivity contribution in [2.45, 2.75) is 6.92 Å². The Morgan fingerprint density at radius 3 is 2.18 bits per heavy atom. The average molecular weight is 298 g/mol. The average Bonchev–Trinajstić information content (AvgIpc) is 2.54. The molecule has 0 aliphatic heterocycles. The molecule has 22 heavy (non-hydrogen) atoms. The zero-order valence-electron chi connectivity index (χ0n) is 12.3. The van der Waals surface area contributed by atoms with Gasteiger partial charge in [0, 0.05) is 23.5 Å². The fourth-order valence-electron chi connectivity index (χ4n) is 1.82. The monoisotopic (exact) mass is 298 g/mol. The summed E-state index contributed by atoms with van der Waals surface area (Å²) < 4.78 is 5.02. The molecule has 114 valence electrons. The highest BCUT2D eigenvalue weighted by atomic mass is 16.5. The number of para-hydroxylation sites is 1. The van der Waals surface area contributed by atoms with E-state index in [2.05, 4.69) is 10.6 Å². The topological polar surface area (TPSA) is 67.4 Å². The van der Waals surface area contributed by atoms with Crippen molar-refractivity contribution < 1.29 is 14.3 Å². The van der Waals surface area contributed by atoms with Gasteiger partial charge in [0.15, 0.2) is 0 Å². The zero-order valence-corrected chi connectivity index (χ0v) is 12.3. The molecule has 0 saturated carbocycles. The normalized spacial score (nSPS) is 10.0. The second-order valence-corrected chi connectivity index (χ2v) is 4.58. The fourth-order valence-corrected chi connectivity index (χ4v) is 1.82. The Balaban J connectivity index is 1.93. The van der Waals surface area contributed by atoms with Gasteiger partial charge in [0.2, 0.25) is 5.91 Å². The lowest BCUT2D eigenvalue weighted by molar-refractivity contribution is -0.120. The van der Waals surface area contributed by atoms with Gasteiger partial charge in [0.25, 0.3) is 5.91 Å². The Hall–Kier alpha value is -2.66. The number of anilines is 2. The van der Waals surface area contributed by atoms with Crippen LogP contribution in [0.3, 0.4) is 0 Å². The molecule has 0 spiro atoms. The van der Waals surface area contributed by atoms with E-state index in [4.69, 9.17) is 4.74 Å². The van der Waals surface area contributed by atoms with Crippen LogP contribution in [0.1, 0.15) is 17.3 Å². The Kier molecular flexibility index (Phi) is 5.68. The third-order valence-corrected chi connectivity index (χ3v) is 2.90. The number of carbonyl (C=O) groups is 2. The summed E-state index contributed by atoms with van der Waals surface area (Å²) in [7, 11) is 0. The number of hydrogen-bond acceptors (Lipinski definition) is 3. The van der Waals surface area contributed by atoms with E-state index in [1.807, 2.05) is 37.3 Å². The van der Waals surface area contributed by atoms with Crippen LogP contribution in [0.25, 0.3) is 0 Å². The lowest BCUT2D eigenvalue weighted by Crippen LogP contribution is -2.18. The van der Waals surface area contributed by atoms with Gasteiger partial charge in [-0.25, -0.2) is 0 Å². The molecule has 5 nitrogen and oxygen atoms in total. The number of amides is 2. The highest BCUT2D eigenvalue weighted by Crippen LogP contribution is 2.12. The molecule has 2 rings (SSSR count). The zero-order chi connectivity index (χ0) is 15.8. The third kappa shape index (κ3) is 4.71. The van der Waals surface area contributed by atoms with Crippen molar-refractivity contribution in [1.29, 1.82) is 0 Å². The first-order valence-electron chi connectivity index (χ1n) is 7.03. The van der Waals surface area contributed by atoms with Crippen molar-refractivity contribution in [3.05, 3.63) is 60.2 Å². The van der Waals surface area contributed by atoms with Gasteiger partial charge in [-0.2, -0.15) is 0 Å². The highest BCUT2D eigenvalue weighted by Gasteiger charge is 2.07. The maximum Gasteiger partial charge on any atom is 0.255 e. The number of nitrogens with one attached hydrogen (secondary N) is 2. The summed E-state index contributed by atoms with van der Waals surface area (Å²) in [6.45, 7) is 2.34. The van der Waals surface area contributed by atoms with Crippen LogP contribution in [0.15, 0.2) is 54.6 Å². The first kappa shape index (κ1) is 15.7. The molecule has 2 N–H and O–H groups in total. The van der Waals surface area contributed by atoms with Gasteiger partial charge in [-0.1, -0.05) is 18.2 Å². The van der Waals surface area contributed by atoms with Gasteiger partial charge in [-0.3, -0.25) is 9.59 Å². The largest absolute Gasteiger partial charge is 0.372 e. The molecule has 0 unspecified atom stereocenters. The van der Waals surface area contributed by atoms with E-state index in [0.717, 1.165) is 5.69 Å². The highest BCUT2D eigenvalue weighted by molar-refractivity contribution is 6.04. The molecular weight excluding hydrogens is 280 g/mol. The van der Waals surface area contributed by atoms with Gasteiger partial charge >= 0.3 is 0 Å². The molecule has 0 fully saturated rings. The van der Waals surface area contributed by atoms with Gasteiger partial charge in [-0.05, 0) is 43.3 Å². The minimum absolute atomic E-state index is 0.0206. The number of hydrogen-bond donors (Lipinski definition) is 2. The molecule has 2 aromatic carbocycles. The van der Waals surface area contributed by atoms with E-state index in [0.29, 0.717) is 17.9 Å². The summed E-state index contributed by atoms with van der Waals surface area (Å²) in [5, 5.41) is 5.50. The Morgan fingerprint density at radius 2 is 1.55 bits per heavy atom. The SMILES string of the molecule is CCOCC(=O)Nc1ccc(C(=O)Nc2ccccc2)cc1. The van der Waals surface area contributed by atoms with E-state index in [9.17, 15) is 9.59 Å². The molecule has 2 aromatic rings. The van der Waals surface area contributed by atoms with Crippen molar-refractivity contribution in [1.82, 2.24) is 0 Å². The smallest absolute Gasteiger partial charge is 0.255 e. The van der Waals surface area contributed by atoms with Crippen molar-refractivity contribution >= 4 is 23.2 Å². The summed E-state index contributed by atoms with van der Waals surface area (Å²) >= 11 is 0. The predicted octanol–water partition coefficient (Wildman–Crippen LogP) is 2.91. The van der Waals surface area contributed by atoms with Crippen molar-refractivity contribution in [3.8, 4) is 0 Å². The maximum absolute atomic E-state index is 12.1. The van der Waals surface area contributed by atoms with Gasteiger partial charge < -0.3 is 15.4 Å². The summed E-state index contributed by atoms with van der Waals surface area (Å²) in [5.41, 5.74) is 1.88. The van der Waals surface area contributed by atoms with Crippen LogP contribution in [0.5, 0.6) is 0 Å². The van der Waals surface area contributed by atoms with Crippen LogP contribution in [0.4, 0.5) is 11.4 Å². The van der Waals surface area contributed by atoms with Crippen LogP contribution in [-0.2, 0) is 9.53 Å². The van der Waals surface area contributed by atoms with Crippen LogP contribution in [0, 0.1) is 0 Å². The van der Waals surface area contributed by atoms with Crippen LogP contribution < -0.4 is 10.6 Å². The number of rotatable bonds is 6. The predicted molar refractivity (Wildman–Crippen MR) is 86.0 cm³/mol. The number of benzene rings is 2. The molecule has 0 radical (unpaired) electrons. The molecule has 0 bridgehead atoms. The minimum Gasteiger partial charge on any atom is -0.372 e. The van der Waals surface area contributed by atoms with Gasteiger partial charge in [0.05, 0.1) is 0 Å². The van der Waals surface area contributed by atoms with E-state index in [1.165, 1.54) is 0 Å². The van der Waals surface area contributed by atoms with Gasteiger partial charge in [-0.15, -0.1) is 0 Å². The van der Waals surface area contributed by atoms with Crippen LogP contribution in [0.2, 0.25) is 0 Å². The second-order valence-electron chi connectivity index (χ2n) is 4.58. The van der Waals surface area contributed by atoms with Crippen molar-refractivity contribution in [2.24, 2.45) is 0 Å². The Bertz CT molecular complexity index is 624. The summed E-state index contributed by atoms with van der Waals surface area (Å²) in [4.78, 5) is 23.6.